The number of aliphatic hydroxyl groups excluding tert-OH is 3. The second-order valence-electron chi connectivity index (χ2n) is 3.88. The molecule has 0 aromatic carbocycles. The summed E-state index contributed by atoms with van der Waals surface area (Å²) in [5.41, 5.74) is 0. The Balaban J connectivity index is 3.03. The Bertz CT molecular complexity index is 286. The van der Waals surface area contributed by atoms with Crippen LogP contribution in [-0.2, 0) is 4.74 Å². The van der Waals surface area contributed by atoms with Gasteiger partial charge in [-0.15, -0.1) is 7.94 Å². The highest BCUT2D eigenvalue weighted by Crippen LogP contribution is 2.47. The van der Waals surface area contributed by atoms with Crippen LogP contribution in [-0.4, -0.2) is 56.5 Å². The smallest absolute Gasteiger partial charge is 0.262 e. The molecule has 17 heavy (non-hydrogen) atoms. The summed E-state index contributed by atoms with van der Waals surface area (Å²) in [7, 11) is -5.90. The van der Waals surface area contributed by atoms with Gasteiger partial charge in [-0.3, -0.25) is 0 Å². The number of ether oxygens (including phenoxy) is 1. The minimum absolute atomic E-state index is 1.10. The van der Waals surface area contributed by atoms with Crippen molar-refractivity contribution in [1.82, 2.24) is 0 Å². The summed E-state index contributed by atoms with van der Waals surface area (Å²) in [6.45, 7) is 1.10. The Morgan fingerprint density at radius 1 is 1.24 bits per heavy atom. The van der Waals surface area contributed by atoms with Crippen LogP contribution in [0.25, 0.3) is 0 Å². The van der Waals surface area contributed by atoms with E-state index >= 15 is 0 Å². The summed E-state index contributed by atoms with van der Waals surface area (Å²) < 4.78 is 17.7. The van der Waals surface area contributed by atoms with Crippen molar-refractivity contribution in [3.05, 3.63) is 0 Å². The fraction of sp³-hybridized carbons (Fsp3) is 1.00. The molecule has 0 spiro atoms. The number of rotatable bonds is 2. The van der Waals surface area contributed by atoms with Gasteiger partial charge in [0.15, 0.2) is 0 Å². The Morgan fingerprint density at radius 2 is 1.71 bits per heavy atom. The van der Waals surface area contributed by atoms with E-state index in [1.807, 2.05) is 0 Å². The van der Waals surface area contributed by atoms with Gasteiger partial charge >= 0.3 is 0 Å². The Morgan fingerprint density at radius 3 is 2.12 bits per heavy atom. The van der Waals surface area contributed by atoms with Crippen LogP contribution in [0.5, 0.6) is 0 Å². The van der Waals surface area contributed by atoms with E-state index in [0.717, 1.165) is 6.92 Å². The van der Waals surface area contributed by atoms with Crippen LogP contribution in [0.2, 0.25) is 0 Å². The average molecular weight is 274 g/mol. The van der Waals surface area contributed by atoms with Gasteiger partial charge in [0.2, 0.25) is 5.91 Å². The highest BCUT2D eigenvalue weighted by atomic mass is 31.2. The lowest BCUT2D eigenvalue weighted by atomic mass is 9.93. The third-order valence-corrected chi connectivity index (χ3v) is 3.50. The minimum Gasteiger partial charge on any atom is -0.685 e. The zero-order valence-corrected chi connectivity index (χ0v) is 9.53. The van der Waals surface area contributed by atoms with Crippen molar-refractivity contribution in [3.63, 3.8) is 0 Å². The monoisotopic (exact) mass is 274 g/mol. The highest BCUT2D eigenvalue weighted by Gasteiger charge is 2.59. The van der Waals surface area contributed by atoms with Crippen LogP contribution in [0.4, 0.5) is 4.39 Å². The third-order valence-electron chi connectivity index (χ3n) is 2.57. The van der Waals surface area contributed by atoms with Gasteiger partial charge in [0.25, 0.3) is 5.79 Å². The molecule has 1 unspecified atom stereocenters. The third kappa shape index (κ3) is 2.58. The molecule has 6 atom stereocenters. The van der Waals surface area contributed by atoms with Crippen LogP contribution in [0.1, 0.15) is 6.92 Å². The molecular formula is C7H12FO8P-2. The zero-order chi connectivity index (χ0) is 13.6. The Kier molecular flexibility index (Phi) is 4.10. The molecule has 0 amide bonds. The second-order valence-corrected chi connectivity index (χ2v) is 5.41. The normalized spacial score (nSPS) is 45.7. The zero-order valence-electron chi connectivity index (χ0n) is 8.63. The maximum atomic E-state index is 13.3. The summed E-state index contributed by atoms with van der Waals surface area (Å²) in [5, 5.41) is 37.3. The topological polar surface area (TPSA) is 159 Å². The van der Waals surface area contributed by atoms with Gasteiger partial charge in [-0.2, -0.15) is 4.39 Å². The first-order valence-electron chi connectivity index (χ1n) is 4.62. The lowest BCUT2D eigenvalue weighted by Gasteiger charge is -2.53. The maximum absolute atomic E-state index is 13.3. The van der Waals surface area contributed by atoms with Crippen molar-refractivity contribution in [1.29, 1.82) is 0 Å². The van der Waals surface area contributed by atoms with Crippen LogP contribution < -0.4 is 14.7 Å². The summed E-state index contributed by atoms with van der Waals surface area (Å²) in [4.78, 5) is 31.4. The summed E-state index contributed by atoms with van der Waals surface area (Å²) in [6, 6.07) is 0. The van der Waals surface area contributed by atoms with Crippen LogP contribution >= 0.6 is 7.94 Å². The molecular weight excluding hydrogens is 262 g/mol. The van der Waals surface area contributed by atoms with Crippen LogP contribution in [0.15, 0.2) is 0 Å². The number of hydrogen-bond donors (Lipinski definition) is 4. The molecule has 8 nitrogen and oxygen atoms in total. The molecule has 1 rings (SSSR count). The van der Waals surface area contributed by atoms with E-state index in [0.29, 0.717) is 0 Å². The molecule has 0 aromatic heterocycles. The average Bonchev–Trinajstić information content (AvgIpc) is 2.21. The largest absolute Gasteiger partial charge is 0.685 e. The fourth-order valence-corrected chi connectivity index (χ4v) is 2.24. The van der Waals surface area contributed by atoms with E-state index in [4.69, 9.17) is 0 Å². The van der Waals surface area contributed by atoms with Gasteiger partial charge in [0, 0.05) is 0 Å². The predicted molar refractivity (Wildman–Crippen MR) is 45.3 cm³/mol. The lowest BCUT2D eigenvalue weighted by molar-refractivity contribution is -0.449. The second kappa shape index (κ2) is 4.61. The first-order chi connectivity index (χ1) is 7.51. The van der Waals surface area contributed by atoms with E-state index in [2.05, 4.69) is 4.74 Å². The number of aliphatic hydroxyl groups is 4. The number of alkyl halides is 1. The summed E-state index contributed by atoms with van der Waals surface area (Å²) in [6.07, 6.45) is -7.55. The molecule has 0 aliphatic carbocycles. The van der Waals surface area contributed by atoms with Crippen LogP contribution in [0, 0.1) is 0 Å². The summed E-state index contributed by atoms with van der Waals surface area (Å²) in [5.74, 6) is -6.87. The molecule has 1 aliphatic heterocycles. The Labute approximate surface area is 96.1 Å². The minimum atomic E-state index is -5.90. The maximum Gasteiger partial charge on any atom is 0.262 e. The molecule has 1 saturated heterocycles. The lowest BCUT2D eigenvalue weighted by Crippen LogP contribution is -2.69. The molecule has 0 radical (unpaired) electrons. The first kappa shape index (κ1) is 15.1. The van der Waals surface area contributed by atoms with E-state index in [-0.39, 0.29) is 0 Å². The van der Waals surface area contributed by atoms with E-state index < -0.39 is 44.1 Å². The standard InChI is InChI=1S/C7H14FO8P/c1-2-3(9)4(10)5(11)7(12,16-2)6(8)17(13,14)15/h2-6,9-12H,1H3,(H2,13,14,15)/p-2/t2-,3-,4+,5+,6?,7-/m0/s1. The Hall–Kier alpha value is 0.0400. The van der Waals surface area contributed by atoms with Gasteiger partial charge < -0.3 is 39.8 Å². The van der Waals surface area contributed by atoms with Gasteiger partial charge in [0.1, 0.15) is 18.3 Å². The molecule has 0 aromatic rings. The van der Waals surface area contributed by atoms with E-state index in [9.17, 15) is 39.5 Å². The molecule has 0 saturated carbocycles. The number of hydrogen-bond acceptors (Lipinski definition) is 8. The van der Waals surface area contributed by atoms with Gasteiger partial charge in [-0.05, 0) is 6.92 Å². The van der Waals surface area contributed by atoms with Crippen molar-refractivity contribution in [2.24, 2.45) is 0 Å². The highest BCUT2D eigenvalue weighted by molar-refractivity contribution is 7.54. The van der Waals surface area contributed by atoms with E-state index in [1.54, 1.807) is 0 Å². The predicted octanol–water partition coefficient (Wildman–Crippen LogP) is -4.68. The molecule has 10 heteroatoms. The van der Waals surface area contributed by atoms with Crippen molar-refractivity contribution in [3.8, 4) is 0 Å². The fourth-order valence-electron chi connectivity index (χ4n) is 1.57. The summed E-state index contributed by atoms with van der Waals surface area (Å²) >= 11 is 0. The van der Waals surface area contributed by atoms with Crippen molar-refractivity contribution < 1.29 is 44.2 Å². The van der Waals surface area contributed by atoms with Gasteiger partial charge in [-0.25, -0.2) is 0 Å². The number of halogens is 1. The molecule has 4 N–H and O–H groups in total. The quantitative estimate of drug-likeness (QED) is 0.365. The molecule has 1 heterocycles. The SMILES string of the molecule is C[C@@H]1O[C@](O)(C(F)[P+]([O-])([O-])[O-])[C@H](O)[C@H](O)[C@H]1O. The molecule has 0 bridgehead atoms. The van der Waals surface area contributed by atoms with Crippen molar-refractivity contribution >= 4 is 7.94 Å². The van der Waals surface area contributed by atoms with Gasteiger partial charge in [-0.1, -0.05) is 0 Å². The first-order valence-corrected chi connectivity index (χ1v) is 6.23. The van der Waals surface area contributed by atoms with Crippen molar-refractivity contribution in [2.45, 2.75) is 43.0 Å². The van der Waals surface area contributed by atoms with Crippen LogP contribution in [0.3, 0.4) is 0 Å². The molecule has 1 aliphatic rings. The van der Waals surface area contributed by atoms with Gasteiger partial charge in [0.05, 0.1) is 6.10 Å². The molecule has 1 fully saturated rings. The molecule has 102 valence electrons. The van der Waals surface area contributed by atoms with E-state index in [1.165, 1.54) is 0 Å². The van der Waals surface area contributed by atoms with Crippen molar-refractivity contribution in [2.75, 3.05) is 0 Å².